The number of hydrogen-bond donors (Lipinski definition) is 1. The van der Waals surface area contributed by atoms with Gasteiger partial charge in [-0.25, -0.2) is 0 Å². The van der Waals surface area contributed by atoms with Gasteiger partial charge in [-0.1, -0.05) is 18.3 Å². The van der Waals surface area contributed by atoms with Crippen molar-refractivity contribution in [2.24, 2.45) is 5.73 Å². The predicted molar refractivity (Wildman–Crippen MR) is 87.2 cm³/mol. The summed E-state index contributed by atoms with van der Waals surface area (Å²) < 4.78 is 0. The van der Waals surface area contributed by atoms with Crippen molar-refractivity contribution in [3.8, 4) is 0 Å². The predicted octanol–water partition coefficient (Wildman–Crippen LogP) is 2.52. The van der Waals surface area contributed by atoms with Gasteiger partial charge < -0.3 is 10.6 Å². The van der Waals surface area contributed by atoms with E-state index in [2.05, 4.69) is 4.98 Å². The van der Waals surface area contributed by atoms with Gasteiger partial charge in [-0.3, -0.25) is 9.78 Å². The molecule has 21 heavy (non-hydrogen) atoms. The molecule has 108 valence electrons. The second-order valence-corrected chi connectivity index (χ2v) is 5.88. The van der Waals surface area contributed by atoms with E-state index in [1.54, 1.807) is 6.20 Å². The molecule has 1 saturated carbocycles. The van der Waals surface area contributed by atoms with Crippen LogP contribution in [0.5, 0.6) is 0 Å². The smallest absolute Gasteiger partial charge is 0.254 e. The highest BCUT2D eigenvalue weighted by Crippen LogP contribution is 2.29. The summed E-state index contributed by atoms with van der Waals surface area (Å²) in [7, 11) is 0. The van der Waals surface area contributed by atoms with Crippen molar-refractivity contribution in [2.45, 2.75) is 25.3 Å². The molecule has 0 aliphatic heterocycles. The minimum absolute atomic E-state index is 0.0551. The molecular weight excluding hydrogens is 282 g/mol. The maximum atomic E-state index is 12.7. The van der Waals surface area contributed by atoms with Crippen molar-refractivity contribution in [3.63, 3.8) is 0 Å². The number of hydrogen-bond acceptors (Lipinski definition) is 3. The van der Waals surface area contributed by atoms with Crippen LogP contribution in [0.25, 0.3) is 10.9 Å². The van der Waals surface area contributed by atoms with Gasteiger partial charge >= 0.3 is 0 Å². The van der Waals surface area contributed by atoms with E-state index in [-0.39, 0.29) is 5.91 Å². The van der Waals surface area contributed by atoms with Gasteiger partial charge in [-0.15, -0.1) is 0 Å². The summed E-state index contributed by atoms with van der Waals surface area (Å²) in [6.45, 7) is 0.601. The van der Waals surface area contributed by atoms with Crippen molar-refractivity contribution in [3.05, 3.63) is 42.1 Å². The molecule has 1 heterocycles. The number of nitrogens with zero attached hydrogens (tertiary/aromatic N) is 2. The molecule has 0 bridgehead atoms. The van der Waals surface area contributed by atoms with Crippen LogP contribution in [0.4, 0.5) is 0 Å². The number of thiocarbonyl (C=S) groups is 1. The zero-order valence-corrected chi connectivity index (χ0v) is 12.5. The van der Waals surface area contributed by atoms with Crippen molar-refractivity contribution < 1.29 is 4.79 Å². The van der Waals surface area contributed by atoms with Gasteiger partial charge in [0.25, 0.3) is 5.91 Å². The van der Waals surface area contributed by atoms with Crippen LogP contribution in [0.1, 0.15) is 29.6 Å². The summed E-state index contributed by atoms with van der Waals surface area (Å²) in [5.41, 5.74) is 7.16. The first-order valence-electron chi connectivity index (χ1n) is 7.09. The van der Waals surface area contributed by atoms with Crippen LogP contribution in [0.15, 0.2) is 36.5 Å². The zero-order chi connectivity index (χ0) is 14.8. The summed E-state index contributed by atoms with van der Waals surface area (Å²) in [6.07, 6.45) is 4.46. The largest absolute Gasteiger partial charge is 0.393 e. The van der Waals surface area contributed by atoms with Gasteiger partial charge in [0, 0.05) is 36.2 Å². The minimum atomic E-state index is 0.0551. The molecule has 3 rings (SSSR count). The Morgan fingerprint density at radius 2 is 2.19 bits per heavy atom. The van der Waals surface area contributed by atoms with Gasteiger partial charge in [-0.05, 0) is 37.1 Å². The molecule has 1 fully saturated rings. The lowest BCUT2D eigenvalue weighted by atomic mass is 10.1. The highest BCUT2D eigenvalue weighted by Gasteiger charge is 2.32. The van der Waals surface area contributed by atoms with Crippen LogP contribution >= 0.6 is 12.2 Å². The zero-order valence-electron chi connectivity index (χ0n) is 11.7. The van der Waals surface area contributed by atoms with E-state index < -0.39 is 0 Å². The Morgan fingerprint density at radius 3 is 2.90 bits per heavy atom. The summed E-state index contributed by atoms with van der Waals surface area (Å²) in [5.74, 6) is 0.0551. The highest BCUT2D eigenvalue weighted by molar-refractivity contribution is 7.80. The Hall–Kier alpha value is -2.01. The first-order valence-corrected chi connectivity index (χ1v) is 7.50. The molecule has 1 aliphatic rings. The van der Waals surface area contributed by atoms with E-state index in [9.17, 15) is 4.79 Å². The lowest BCUT2D eigenvalue weighted by molar-refractivity contribution is 0.0748. The maximum absolute atomic E-state index is 12.7. The summed E-state index contributed by atoms with van der Waals surface area (Å²) in [6, 6.07) is 9.82. The van der Waals surface area contributed by atoms with E-state index in [1.165, 1.54) is 0 Å². The number of fused-ring (bicyclic) bond motifs is 1. The van der Waals surface area contributed by atoms with E-state index in [4.69, 9.17) is 18.0 Å². The molecule has 0 radical (unpaired) electrons. The summed E-state index contributed by atoms with van der Waals surface area (Å²) in [5, 5.41) is 0.980. The quantitative estimate of drug-likeness (QED) is 0.862. The third-order valence-corrected chi connectivity index (χ3v) is 3.90. The van der Waals surface area contributed by atoms with Crippen LogP contribution in [0, 0.1) is 0 Å². The topological polar surface area (TPSA) is 59.2 Å². The molecular formula is C16H17N3OS. The van der Waals surface area contributed by atoms with E-state index in [0.29, 0.717) is 29.6 Å². The SMILES string of the molecule is NC(=S)CCN(C(=O)c1ccc2ncccc2c1)C1CC1. The monoisotopic (exact) mass is 299 g/mol. The fourth-order valence-electron chi connectivity index (χ4n) is 2.44. The normalized spacial score (nSPS) is 14.1. The average molecular weight is 299 g/mol. The molecule has 2 aromatic rings. The van der Waals surface area contributed by atoms with Crippen LogP contribution < -0.4 is 5.73 Å². The van der Waals surface area contributed by atoms with Gasteiger partial charge in [0.15, 0.2) is 0 Å². The third-order valence-electron chi connectivity index (χ3n) is 3.70. The Kier molecular flexibility index (Phi) is 3.84. The number of carbonyl (C=O) groups is 1. The van der Waals surface area contributed by atoms with E-state index in [1.807, 2.05) is 35.2 Å². The van der Waals surface area contributed by atoms with Gasteiger partial charge in [0.05, 0.1) is 10.5 Å². The lowest BCUT2D eigenvalue weighted by Crippen LogP contribution is -2.35. The van der Waals surface area contributed by atoms with Crippen LogP contribution in [-0.2, 0) is 0 Å². The Labute approximate surface area is 129 Å². The van der Waals surface area contributed by atoms with Gasteiger partial charge in [0.1, 0.15) is 0 Å². The lowest BCUT2D eigenvalue weighted by Gasteiger charge is -2.22. The molecule has 2 N–H and O–H groups in total. The van der Waals surface area contributed by atoms with Crippen molar-refractivity contribution in [1.29, 1.82) is 0 Å². The number of rotatable bonds is 5. The fraction of sp³-hybridized carbons (Fsp3) is 0.312. The van der Waals surface area contributed by atoms with Crippen molar-refractivity contribution in [1.82, 2.24) is 9.88 Å². The first kappa shape index (κ1) is 13.9. The number of nitrogens with two attached hydrogens (primary N) is 1. The van der Waals surface area contributed by atoms with Gasteiger partial charge in [0.2, 0.25) is 0 Å². The number of aromatic nitrogens is 1. The molecule has 0 spiro atoms. The minimum Gasteiger partial charge on any atom is -0.393 e. The molecule has 0 saturated heterocycles. The number of amides is 1. The molecule has 1 amide bonds. The maximum Gasteiger partial charge on any atom is 0.254 e. The van der Waals surface area contributed by atoms with Crippen LogP contribution in [0.3, 0.4) is 0 Å². The fourth-order valence-corrected chi connectivity index (χ4v) is 2.53. The second-order valence-electron chi connectivity index (χ2n) is 5.36. The molecule has 1 aliphatic carbocycles. The van der Waals surface area contributed by atoms with Crippen molar-refractivity contribution >= 4 is 34.0 Å². The standard InChI is InChI=1S/C16H17N3OS/c17-15(21)7-9-19(13-4-5-13)16(20)12-3-6-14-11(10-12)2-1-8-18-14/h1-3,6,8,10,13H,4-5,7,9H2,(H2,17,21). The van der Waals surface area contributed by atoms with Crippen molar-refractivity contribution in [2.75, 3.05) is 6.54 Å². The molecule has 1 aromatic heterocycles. The Bertz CT molecular complexity index is 697. The third kappa shape index (κ3) is 3.19. The first-order chi connectivity index (χ1) is 10.1. The highest BCUT2D eigenvalue weighted by atomic mass is 32.1. The molecule has 0 atom stereocenters. The second kappa shape index (κ2) is 5.77. The van der Waals surface area contributed by atoms with Crippen LogP contribution in [0.2, 0.25) is 0 Å². The number of carbonyl (C=O) groups excluding carboxylic acids is 1. The molecule has 5 heteroatoms. The summed E-state index contributed by atoms with van der Waals surface area (Å²) in [4.78, 5) is 19.3. The molecule has 1 aromatic carbocycles. The Morgan fingerprint density at radius 1 is 1.38 bits per heavy atom. The summed E-state index contributed by atoms with van der Waals surface area (Å²) >= 11 is 4.92. The van der Waals surface area contributed by atoms with Gasteiger partial charge in [-0.2, -0.15) is 0 Å². The molecule has 4 nitrogen and oxygen atoms in total. The van der Waals surface area contributed by atoms with E-state index in [0.717, 1.165) is 23.7 Å². The number of benzene rings is 1. The Balaban J connectivity index is 1.84. The number of pyridine rings is 1. The average Bonchev–Trinajstić information content (AvgIpc) is 3.31. The molecule has 0 unspecified atom stereocenters. The van der Waals surface area contributed by atoms with E-state index >= 15 is 0 Å². The van der Waals surface area contributed by atoms with Crippen LogP contribution in [-0.4, -0.2) is 33.4 Å².